The second-order valence-electron chi connectivity index (χ2n) is 5.97. The smallest absolute Gasteiger partial charge is 0.404 e. The highest BCUT2D eigenvalue weighted by molar-refractivity contribution is 7.89. The third-order valence-corrected chi connectivity index (χ3v) is 6.01. The molecule has 0 aliphatic heterocycles. The van der Waals surface area contributed by atoms with Gasteiger partial charge in [0, 0.05) is 36.1 Å². The van der Waals surface area contributed by atoms with Crippen LogP contribution < -0.4 is 0 Å². The molecule has 0 spiro atoms. The Morgan fingerprint density at radius 1 is 1.30 bits per heavy atom. The second kappa shape index (κ2) is 12.6. The number of carbonyl (C=O) groups excluding carboxylic acids is 1. The standard InChI is InChI=1S/C17H25ClN4O4S/c1-2-22(13-15-9-5-3-6-10-15)27(24,25)14-16(26-17(18)23)11-7-4-8-12-20-21-19/h3,5-6,9-10,16H,2,4,7-8,11-14H2,1H3. The Morgan fingerprint density at radius 3 is 2.59 bits per heavy atom. The molecule has 27 heavy (non-hydrogen) atoms. The van der Waals surface area contributed by atoms with Crippen molar-refractivity contribution in [1.82, 2.24) is 4.31 Å². The SMILES string of the molecule is CCN(Cc1ccccc1)S(=O)(=O)CC(CCCCCN=[N+]=[N-])OC(=O)Cl. The van der Waals surface area contributed by atoms with Crippen LogP contribution in [0.15, 0.2) is 35.4 Å². The van der Waals surface area contributed by atoms with E-state index in [0.717, 1.165) is 12.0 Å². The van der Waals surface area contributed by atoms with Gasteiger partial charge in [0.25, 0.3) is 0 Å². The van der Waals surface area contributed by atoms with Crippen LogP contribution in [-0.4, -0.2) is 43.1 Å². The minimum Gasteiger partial charge on any atom is -0.449 e. The maximum Gasteiger partial charge on any atom is 0.404 e. The van der Waals surface area contributed by atoms with Crippen molar-refractivity contribution >= 4 is 27.1 Å². The third-order valence-electron chi connectivity index (χ3n) is 3.95. The molecule has 1 unspecified atom stereocenters. The average Bonchev–Trinajstić information content (AvgIpc) is 2.62. The van der Waals surface area contributed by atoms with Crippen LogP contribution in [0.1, 0.15) is 38.2 Å². The first-order valence-corrected chi connectivity index (χ1v) is 10.8. The Balaban J connectivity index is 2.68. The van der Waals surface area contributed by atoms with Gasteiger partial charge in [0.05, 0.1) is 0 Å². The summed E-state index contributed by atoms with van der Waals surface area (Å²) in [5.74, 6) is -0.317. The number of hydrogen-bond donors (Lipinski definition) is 0. The summed E-state index contributed by atoms with van der Waals surface area (Å²) >= 11 is 5.30. The van der Waals surface area contributed by atoms with Gasteiger partial charge < -0.3 is 4.74 Å². The maximum absolute atomic E-state index is 12.8. The predicted molar refractivity (Wildman–Crippen MR) is 105 cm³/mol. The van der Waals surface area contributed by atoms with E-state index in [4.69, 9.17) is 21.9 Å². The van der Waals surface area contributed by atoms with Gasteiger partial charge in [0.2, 0.25) is 10.0 Å². The first-order valence-electron chi connectivity index (χ1n) is 8.77. The molecule has 0 saturated carbocycles. The van der Waals surface area contributed by atoms with Gasteiger partial charge in [-0.3, -0.25) is 0 Å². The number of carbonyl (C=O) groups is 1. The van der Waals surface area contributed by atoms with Gasteiger partial charge in [-0.25, -0.2) is 13.2 Å². The molecule has 0 aromatic heterocycles. The highest BCUT2D eigenvalue weighted by atomic mass is 35.5. The van der Waals surface area contributed by atoms with Crippen LogP contribution in [0, 0.1) is 0 Å². The fourth-order valence-electron chi connectivity index (χ4n) is 2.62. The molecule has 8 nitrogen and oxygen atoms in total. The Morgan fingerprint density at radius 2 is 2.00 bits per heavy atom. The Bertz CT molecular complexity index is 724. The Kier molecular flexibility index (Phi) is 10.8. The summed E-state index contributed by atoms with van der Waals surface area (Å²) in [5, 5.41) is 3.44. The number of ether oxygens (including phenoxy) is 1. The van der Waals surface area contributed by atoms with Crippen molar-refractivity contribution in [2.45, 2.75) is 45.3 Å². The lowest BCUT2D eigenvalue weighted by molar-refractivity contribution is 0.125. The maximum atomic E-state index is 12.8. The zero-order valence-electron chi connectivity index (χ0n) is 15.3. The molecule has 0 aliphatic rings. The van der Waals surface area contributed by atoms with Crippen molar-refractivity contribution < 1.29 is 17.9 Å². The molecule has 0 fully saturated rings. The van der Waals surface area contributed by atoms with Gasteiger partial charge >= 0.3 is 5.43 Å². The van der Waals surface area contributed by atoms with Crippen LogP contribution in [-0.2, 0) is 21.3 Å². The van der Waals surface area contributed by atoms with Gasteiger partial charge in [0.1, 0.15) is 11.9 Å². The van der Waals surface area contributed by atoms with Gasteiger partial charge in [-0.05, 0) is 30.4 Å². The molecule has 1 rings (SSSR count). The van der Waals surface area contributed by atoms with E-state index in [2.05, 4.69) is 10.0 Å². The normalized spacial score (nSPS) is 12.4. The molecule has 0 amide bonds. The number of nitrogens with zero attached hydrogens (tertiary/aromatic N) is 4. The fraction of sp³-hybridized carbons (Fsp3) is 0.588. The fourth-order valence-corrected chi connectivity index (χ4v) is 4.40. The minimum atomic E-state index is -3.64. The molecular formula is C17H25ClN4O4S. The van der Waals surface area contributed by atoms with Crippen molar-refractivity contribution in [2.75, 3.05) is 18.8 Å². The van der Waals surface area contributed by atoms with Crippen LogP contribution in [0.4, 0.5) is 4.79 Å². The lowest BCUT2D eigenvalue weighted by Gasteiger charge is -2.24. The first-order chi connectivity index (χ1) is 12.9. The molecular weight excluding hydrogens is 392 g/mol. The van der Waals surface area contributed by atoms with E-state index in [9.17, 15) is 13.2 Å². The molecule has 0 heterocycles. The molecule has 150 valence electrons. The van der Waals surface area contributed by atoms with E-state index in [1.807, 2.05) is 30.3 Å². The zero-order chi connectivity index (χ0) is 20.1. The van der Waals surface area contributed by atoms with E-state index in [-0.39, 0.29) is 12.3 Å². The predicted octanol–water partition coefficient (Wildman–Crippen LogP) is 4.45. The summed E-state index contributed by atoms with van der Waals surface area (Å²) in [6.45, 7) is 2.71. The largest absolute Gasteiger partial charge is 0.449 e. The van der Waals surface area contributed by atoms with E-state index in [1.54, 1.807) is 6.92 Å². The van der Waals surface area contributed by atoms with Crippen molar-refractivity contribution in [3.05, 3.63) is 46.3 Å². The number of azide groups is 1. The van der Waals surface area contributed by atoms with Crippen LogP contribution in [0.3, 0.4) is 0 Å². The van der Waals surface area contributed by atoms with E-state index in [1.165, 1.54) is 4.31 Å². The number of halogens is 1. The van der Waals surface area contributed by atoms with Gasteiger partial charge in [-0.1, -0.05) is 48.8 Å². The number of benzene rings is 1. The van der Waals surface area contributed by atoms with Gasteiger partial charge in [-0.15, -0.1) is 0 Å². The lowest BCUT2D eigenvalue weighted by Crippen LogP contribution is -2.37. The number of rotatable bonds is 13. The highest BCUT2D eigenvalue weighted by Gasteiger charge is 2.27. The van der Waals surface area contributed by atoms with Crippen LogP contribution in [0.2, 0.25) is 0 Å². The van der Waals surface area contributed by atoms with Crippen molar-refractivity contribution in [3.8, 4) is 0 Å². The zero-order valence-corrected chi connectivity index (χ0v) is 16.9. The topological polar surface area (TPSA) is 112 Å². The Hall–Kier alpha value is -1.80. The number of unbranched alkanes of at least 4 members (excludes halogenated alkanes) is 2. The highest BCUT2D eigenvalue weighted by Crippen LogP contribution is 2.16. The van der Waals surface area contributed by atoms with Crippen molar-refractivity contribution in [1.29, 1.82) is 0 Å². The van der Waals surface area contributed by atoms with Gasteiger partial charge in [0.15, 0.2) is 0 Å². The van der Waals surface area contributed by atoms with E-state index >= 15 is 0 Å². The van der Waals surface area contributed by atoms with Gasteiger partial charge in [-0.2, -0.15) is 4.31 Å². The van der Waals surface area contributed by atoms with E-state index in [0.29, 0.717) is 32.4 Å². The summed E-state index contributed by atoms with van der Waals surface area (Å²) in [4.78, 5) is 13.8. The summed E-state index contributed by atoms with van der Waals surface area (Å²) in [7, 11) is -3.64. The summed E-state index contributed by atoms with van der Waals surface area (Å²) in [6.07, 6.45) is 1.61. The molecule has 0 bridgehead atoms. The molecule has 1 aromatic carbocycles. The van der Waals surface area contributed by atoms with Crippen LogP contribution in [0.5, 0.6) is 0 Å². The minimum absolute atomic E-state index is 0.257. The van der Waals surface area contributed by atoms with Crippen molar-refractivity contribution in [2.24, 2.45) is 5.11 Å². The molecule has 0 radical (unpaired) electrons. The first kappa shape index (κ1) is 23.2. The second-order valence-corrected chi connectivity index (χ2v) is 8.29. The average molecular weight is 417 g/mol. The van der Waals surface area contributed by atoms with Crippen molar-refractivity contribution in [3.63, 3.8) is 0 Å². The Labute approximate surface area is 165 Å². The molecule has 0 N–H and O–H groups in total. The molecule has 0 aliphatic carbocycles. The lowest BCUT2D eigenvalue weighted by atomic mass is 10.1. The number of sulfonamides is 1. The summed E-state index contributed by atoms with van der Waals surface area (Å²) in [5.41, 5.74) is 8.10. The molecule has 10 heteroatoms. The van der Waals surface area contributed by atoms with Crippen LogP contribution in [0.25, 0.3) is 10.4 Å². The van der Waals surface area contributed by atoms with Crippen LogP contribution >= 0.6 is 11.6 Å². The quantitative estimate of drug-likeness (QED) is 0.155. The molecule has 0 saturated heterocycles. The third kappa shape index (κ3) is 9.63. The summed E-state index contributed by atoms with van der Waals surface area (Å²) in [6, 6.07) is 9.29. The van der Waals surface area contributed by atoms with E-state index < -0.39 is 21.6 Å². The number of hydrogen-bond acceptors (Lipinski definition) is 5. The molecule has 1 aromatic rings. The monoisotopic (exact) mass is 416 g/mol. The molecule has 1 atom stereocenters. The summed E-state index contributed by atoms with van der Waals surface area (Å²) < 4.78 is 31.9.